The molecule has 0 saturated carbocycles. The molecule has 2 rings (SSSR count). The van der Waals surface area contributed by atoms with Gasteiger partial charge in [-0.05, 0) is 30.2 Å². The Morgan fingerprint density at radius 2 is 2.05 bits per heavy atom. The first kappa shape index (κ1) is 15.2. The normalized spacial score (nSPS) is 16.1. The monoisotopic (exact) mass is 342 g/mol. The minimum Gasteiger partial charge on any atom is -0.370 e. The Labute approximate surface area is 129 Å². The van der Waals surface area contributed by atoms with Gasteiger partial charge in [0.2, 0.25) is 0 Å². The number of anilines is 1. The summed E-state index contributed by atoms with van der Waals surface area (Å²) in [5.41, 5.74) is 2.81. The summed E-state index contributed by atoms with van der Waals surface area (Å²) in [6.07, 6.45) is 0. The van der Waals surface area contributed by atoms with E-state index in [2.05, 4.69) is 70.0 Å². The fraction of sp³-hybridized carbons (Fsp3) is 0.600. The molecule has 1 heterocycles. The average molecular weight is 343 g/mol. The van der Waals surface area contributed by atoms with Gasteiger partial charge in [0, 0.05) is 41.3 Å². The number of halogens is 1. The third kappa shape index (κ3) is 4.69. The summed E-state index contributed by atoms with van der Waals surface area (Å²) in [6, 6.07) is 6.66. The van der Waals surface area contributed by atoms with Gasteiger partial charge >= 0.3 is 0 Å². The van der Waals surface area contributed by atoms with E-state index in [9.17, 15) is 0 Å². The van der Waals surface area contributed by atoms with Crippen LogP contribution in [0.25, 0.3) is 0 Å². The molecule has 0 amide bonds. The van der Waals surface area contributed by atoms with Gasteiger partial charge in [-0.25, -0.2) is 0 Å². The average Bonchev–Trinajstić information content (AvgIpc) is 2.41. The van der Waals surface area contributed by atoms with E-state index in [0.717, 1.165) is 26.2 Å². The highest BCUT2D eigenvalue weighted by molar-refractivity contribution is 9.10. The van der Waals surface area contributed by atoms with Crippen molar-refractivity contribution in [3.05, 3.63) is 28.2 Å². The summed E-state index contributed by atoms with van der Waals surface area (Å²) in [5.74, 6) is 3.18. The second-order valence-electron chi connectivity index (χ2n) is 5.40. The van der Waals surface area contributed by atoms with Crippen LogP contribution < -0.4 is 10.2 Å². The molecular formula is C15H23BrN2S. The summed E-state index contributed by atoms with van der Waals surface area (Å²) >= 11 is 5.66. The third-order valence-electron chi connectivity index (χ3n) is 3.27. The molecule has 0 radical (unpaired) electrons. The van der Waals surface area contributed by atoms with Gasteiger partial charge in [-0.15, -0.1) is 0 Å². The number of thioether (sulfide) groups is 1. The van der Waals surface area contributed by atoms with Crippen LogP contribution in [0.3, 0.4) is 0 Å². The van der Waals surface area contributed by atoms with Gasteiger partial charge in [-0.2, -0.15) is 11.8 Å². The molecule has 0 unspecified atom stereocenters. The predicted molar refractivity (Wildman–Crippen MR) is 90.2 cm³/mol. The SMILES string of the molecule is CC(C)CNCc1ccc(Br)cc1N1CCSCC1. The van der Waals surface area contributed by atoms with Crippen molar-refractivity contribution in [1.82, 2.24) is 5.32 Å². The minimum atomic E-state index is 0.699. The quantitative estimate of drug-likeness (QED) is 0.877. The predicted octanol–water partition coefficient (Wildman–Crippen LogP) is 3.75. The van der Waals surface area contributed by atoms with Crippen molar-refractivity contribution in [1.29, 1.82) is 0 Å². The molecule has 0 spiro atoms. The lowest BCUT2D eigenvalue weighted by molar-refractivity contribution is 0.552. The topological polar surface area (TPSA) is 15.3 Å². The third-order valence-corrected chi connectivity index (χ3v) is 4.70. The largest absolute Gasteiger partial charge is 0.370 e. The van der Waals surface area contributed by atoms with Gasteiger partial charge in [0.1, 0.15) is 0 Å². The zero-order valence-corrected chi connectivity index (χ0v) is 14.2. The Morgan fingerprint density at radius 3 is 2.74 bits per heavy atom. The highest BCUT2D eigenvalue weighted by Crippen LogP contribution is 2.27. The van der Waals surface area contributed by atoms with Crippen molar-refractivity contribution in [3.8, 4) is 0 Å². The Hall–Kier alpha value is -0.190. The van der Waals surface area contributed by atoms with E-state index in [1.54, 1.807) is 0 Å². The van der Waals surface area contributed by atoms with E-state index >= 15 is 0 Å². The summed E-state index contributed by atoms with van der Waals surface area (Å²) in [7, 11) is 0. The van der Waals surface area contributed by atoms with E-state index in [0.29, 0.717) is 5.92 Å². The van der Waals surface area contributed by atoms with Gasteiger partial charge in [0.25, 0.3) is 0 Å². The number of rotatable bonds is 5. The minimum absolute atomic E-state index is 0.699. The molecule has 106 valence electrons. The number of hydrogen-bond donors (Lipinski definition) is 1. The fourth-order valence-corrected chi connectivity index (χ4v) is 3.53. The van der Waals surface area contributed by atoms with Crippen LogP contribution in [0.4, 0.5) is 5.69 Å². The molecule has 0 bridgehead atoms. The molecule has 19 heavy (non-hydrogen) atoms. The van der Waals surface area contributed by atoms with Crippen molar-refractivity contribution < 1.29 is 0 Å². The smallest absolute Gasteiger partial charge is 0.0423 e. The molecule has 4 heteroatoms. The first-order valence-electron chi connectivity index (χ1n) is 6.98. The van der Waals surface area contributed by atoms with Crippen LogP contribution in [0.5, 0.6) is 0 Å². The van der Waals surface area contributed by atoms with Crippen LogP contribution in [0, 0.1) is 5.92 Å². The zero-order valence-electron chi connectivity index (χ0n) is 11.8. The van der Waals surface area contributed by atoms with Crippen molar-refractivity contribution in [2.75, 3.05) is 36.0 Å². The maximum atomic E-state index is 3.60. The van der Waals surface area contributed by atoms with Crippen LogP contribution in [-0.4, -0.2) is 31.1 Å². The van der Waals surface area contributed by atoms with Crippen molar-refractivity contribution in [2.45, 2.75) is 20.4 Å². The van der Waals surface area contributed by atoms with Crippen LogP contribution in [0.15, 0.2) is 22.7 Å². The van der Waals surface area contributed by atoms with Crippen LogP contribution in [-0.2, 0) is 6.54 Å². The Bertz CT molecular complexity index is 403. The second kappa shape index (κ2) is 7.55. The molecule has 1 aliphatic rings. The molecule has 1 aromatic carbocycles. The summed E-state index contributed by atoms with van der Waals surface area (Å²) in [4.78, 5) is 2.52. The molecule has 0 aromatic heterocycles. The highest BCUT2D eigenvalue weighted by Gasteiger charge is 2.14. The Morgan fingerprint density at radius 1 is 1.32 bits per heavy atom. The van der Waals surface area contributed by atoms with E-state index in [1.165, 1.54) is 27.2 Å². The van der Waals surface area contributed by atoms with E-state index in [-0.39, 0.29) is 0 Å². The Kier molecular flexibility index (Phi) is 6.05. The zero-order chi connectivity index (χ0) is 13.7. The van der Waals surface area contributed by atoms with Gasteiger partial charge in [-0.1, -0.05) is 35.8 Å². The van der Waals surface area contributed by atoms with Crippen molar-refractivity contribution in [3.63, 3.8) is 0 Å². The lowest BCUT2D eigenvalue weighted by atomic mass is 10.1. The standard InChI is InChI=1S/C15H23BrN2S/c1-12(2)10-17-11-13-3-4-14(16)9-15(13)18-5-7-19-8-6-18/h3-4,9,12,17H,5-8,10-11H2,1-2H3. The summed E-state index contributed by atoms with van der Waals surface area (Å²) in [6.45, 7) is 8.86. The number of nitrogens with zero attached hydrogens (tertiary/aromatic N) is 1. The van der Waals surface area contributed by atoms with Gasteiger partial charge in [0.15, 0.2) is 0 Å². The molecule has 2 nitrogen and oxygen atoms in total. The molecule has 1 aliphatic heterocycles. The molecule has 1 N–H and O–H groups in total. The molecular weight excluding hydrogens is 320 g/mol. The number of nitrogens with one attached hydrogen (secondary N) is 1. The summed E-state index contributed by atoms with van der Waals surface area (Å²) in [5, 5.41) is 3.55. The Balaban J connectivity index is 2.08. The van der Waals surface area contributed by atoms with Crippen LogP contribution in [0.1, 0.15) is 19.4 Å². The van der Waals surface area contributed by atoms with Crippen molar-refractivity contribution >= 4 is 33.4 Å². The molecule has 1 saturated heterocycles. The second-order valence-corrected chi connectivity index (χ2v) is 7.54. The molecule has 1 fully saturated rings. The summed E-state index contributed by atoms with van der Waals surface area (Å²) < 4.78 is 1.17. The number of hydrogen-bond acceptors (Lipinski definition) is 3. The van der Waals surface area contributed by atoms with Crippen LogP contribution in [0.2, 0.25) is 0 Å². The first-order chi connectivity index (χ1) is 9.16. The van der Waals surface area contributed by atoms with Gasteiger partial charge in [-0.3, -0.25) is 0 Å². The van der Waals surface area contributed by atoms with Crippen LogP contribution >= 0.6 is 27.7 Å². The van der Waals surface area contributed by atoms with E-state index in [1.807, 2.05) is 0 Å². The number of benzene rings is 1. The van der Waals surface area contributed by atoms with Gasteiger partial charge < -0.3 is 10.2 Å². The maximum absolute atomic E-state index is 3.60. The maximum Gasteiger partial charge on any atom is 0.0423 e. The first-order valence-corrected chi connectivity index (χ1v) is 8.93. The van der Waals surface area contributed by atoms with E-state index in [4.69, 9.17) is 0 Å². The lowest BCUT2D eigenvalue weighted by Crippen LogP contribution is -2.33. The lowest BCUT2D eigenvalue weighted by Gasteiger charge is -2.30. The fourth-order valence-electron chi connectivity index (χ4n) is 2.28. The van der Waals surface area contributed by atoms with E-state index < -0.39 is 0 Å². The van der Waals surface area contributed by atoms with Gasteiger partial charge in [0.05, 0.1) is 0 Å². The molecule has 0 atom stereocenters. The molecule has 1 aromatic rings. The molecule has 0 aliphatic carbocycles. The van der Waals surface area contributed by atoms with Crippen molar-refractivity contribution in [2.24, 2.45) is 5.92 Å². The highest BCUT2D eigenvalue weighted by atomic mass is 79.9.